The van der Waals surface area contributed by atoms with Crippen LogP contribution in [0.5, 0.6) is 0 Å². The average molecular weight is 384 g/mol. The molecule has 0 spiro atoms. The van der Waals surface area contributed by atoms with Gasteiger partial charge in [-0.25, -0.2) is 9.82 Å². The Kier molecular flexibility index (Phi) is 4.81. The monoisotopic (exact) mass is 384 g/mol. The second-order valence-electron chi connectivity index (χ2n) is 7.81. The van der Waals surface area contributed by atoms with Crippen molar-refractivity contribution >= 4 is 5.91 Å². The summed E-state index contributed by atoms with van der Waals surface area (Å²) in [5.41, 5.74) is 8.53. The van der Waals surface area contributed by atoms with Gasteiger partial charge < -0.3 is 9.47 Å². The van der Waals surface area contributed by atoms with Crippen LogP contribution in [0.4, 0.5) is 4.39 Å². The molecule has 2 fully saturated rings. The van der Waals surface area contributed by atoms with Crippen molar-refractivity contribution in [3.05, 3.63) is 68.9 Å². The first-order valence-corrected chi connectivity index (χ1v) is 9.60. The zero-order chi connectivity index (χ0) is 20.0. The lowest BCUT2D eigenvalue weighted by molar-refractivity contribution is 0.0648. The van der Waals surface area contributed by atoms with E-state index in [2.05, 4.69) is 10.9 Å². The minimum atomic E-state index is -0.266. The number of nitrogens with one attached hydrogen (secondary N) is 2. The van der Waals surface area contributed by atoms with Gasteiger partial charge in [-0.15, -0.1) is 0 Å². The normalized spacial score (nSPS) is 24.3. The molecule has 2 aliphatic rings. The maximum absolute atomic E-state index is 14.3. The zero-order valence-electron chi connectivity index (χ0n) is 16.3. The van der Waals surface area contributed by atoms with E-state index >= 15 is 0 Å². The maximum atomic E-state index is 14.3. The van der Waals surface area contributed by atoms with Crippen molar-refractivity contribution in [3.8, 4) is 0 Å². The van der Waals surface area contributed by atoms with Crippen molar-refractivity contribution in [1.82, 2.24) is 20.3 Å². The number of hydrazine groups is 1. The van der Waals surface area contributed by atoms with Crippen LogP contribution in [0.2, 0.25) is 0 Å². The van der Waals surface area contributed by atoms with Crippen LogP contribution in [0.15, 0.2) is 35.1 Å². The molecule has 4 rings (SSSR count). The zero-order valence-corrected chi connectivity index (χ0v) is 16.3. The molecule has 2 saturated heterocycles. The highest BCUT2D eigenvalue weighted by atomic mass is 19.1. The van der Waals surface area contributed by atoms with Crippen molar-refractivity contribution in [2.45, 2.75) is 32.4 Å². The first kappa shape index (κ1) is 18.8. The summed E-state index contributed by atoms with van der Waals surface area (Å²) in [5, 5.41) is 0. The molecule has 28 heavy (non-hydrogen) atoms. The van der Waals surface area contributed by atoms with Crippen LogP contribution in [-0.4, -0.2) is 34.5 Å². The number of likely N-dealkylation sites (tertiary alicyclic amines) is 1. The number of nitrogens with zero attached hydrogens (tertiary/aromatic N) is 2. The number of hydrogen-bond donors (Lipinski definition) is 2. The van der Waals surface area contributed by atoms with Gasteiger partial charge in [0.25, 0.3) is 11.5 Å². The predicted octanol–water partition coefficient (Wildman–Crippen LogP) is 1.82. The Morgan fingerprint density at radius 3 is 2.71 bits per heavy atom. The Bertz CT molecular complexity index is 987. The number of aromatic nitrogens is 1. The van der Waals surface area contributed by atoms with Gasteiger partial charge in [-0.1, -0.05) is 18.2 Å². The molecule has 1 amide bonds. The number of carbonyl (C=O) groups excluding carboxylic acids is 1. The van der Waals surface area contributed by atoms with E-state index in [0.717, 1.165) is 12.1 Å². The Morgan fingerprint density at radius 2 is 1.96 bits per heavy atom. The Balaban J connectivity index is 1.62. The average Bonchev–Trinajstić information content (AvgIpc) is 3.09. The molecule has 0 radical (unpaired) electrons. The number of pyridine rings is 1. The van der Waals surface area contributed by atoms with E-state index in [9.17, 15) is 14.0 Å². The molecule has 0 aliphatic carbocycles. The van der Waals surface area contributed by atoms with E-state index in [4.69, 9.17) is 0 Å². The van der Waals surface area contributed by atoms with Crippen molar-refractivity contribution < 1.29 is 9.18 Å². The number of carbonyl (C=O) groups is 1. The molecular formula is C21H25FN4O2. The van der Waals surface area contributed by atoms with E-state index in [-0.39, 0.29) is 40.8 Å². The summed E-state index contributed by atoms with van der Waals surface area (Å²) in [5.74, 6) is -0.464. The minimum Gasteiger partial charge on any atom is -0.338 e. The van der Waals surface area contributed by atoms with Gasteiger partial charge in [-0.3, -0.25) is 15.0 Å². The molecule has 7 heteroatoms. The van der Waals surface area contributed by atoms with Gasteiger partial charge >= 0.3 is 0 Å². The lowest BCUT2D eigenvalue weighted by atomic mass is 9.84. The van der Waals surface area contributed by atoms with Crippen molar-refractivity contribution in [2.75, 3.05) is 13.1 Å². The highest BCUT2D eigenvalue weighted by Crippen LogP contribution is 2.35. The third-order valence-corrected chi connectivity index (χ3v) is 6.12. The molecule has 0 saturated carbocycles. The third-order valence-electron chi connectivity index (χ3n) is 6.12. The molecule has 1 aromatic carbocycles. The third kappa shape index (κ3) is 3.04. The fourth-order valence-corrected chi connectivity index (χ4v) is 4.42. The molecule has 2 aromatic rings. The van der Waals surface area contributed by atoms with Crippen LogP contribution in [0.25, 0.3) is 0 Å². The molecule has 1 aromatic heterocycles. The summed E-state index contributed by atoms with van der Waals surface area (Å²) in [6.45, 7) is 4.69. The Hall–Kier alpha value is -2.51. The topological polar surface area (TPSA) is 66.4 Å². The lowest BCUT2D eigenvalue weighted by Crippen LogP contribution is -2.49. The molecule has 2 N–H and O–H groups in total. The van der Waals surface area contributed by atoms with Crippen LogP contribution < -0.4 is 16.4 Å². The molecule has 3 unspecified atom stereocenters. The number of benzene rings is 1. The fourth-order valence-electron chi connectivity index (χ4n) is 4.42. The van der Waals surface area contributed by atoms with Crippen LogP contribution in [0.3, 0.4) is 0 Å². The van der Waals surface area contributed by atoms with Crippen LogP contribution in [0, 0.1) is 25.6 Å². The van der Waals surface area contributed by atoms with E-state index in [1.807, 2.05) is 19.1 Å². The summed E-state index contributed by atoms with van der Waals surface area (Å²) < 4.78 is 15.8. The van der Waals surface area contributed by atoms with E-state index in [1.54, 1.807) is 31.0 Å². The molecule has 3 atom stereocenters. The SMILES string of the molecule is Cc1cc(C)n(C)c(=O)c1C(=O)N1CCC2NNC(c3ccccc3F)C2C1. The summed E-state index contributed by atoms with van der Waals surface area (Å²) in [7, 11) is 1.68. The number of halogens is 1. The Morgan fingerprint density at radius 1 is 1.21 bits per heavy atom. The number of amides is 1. The van der Waals surface area contributed by atoms with Crippen LogP contribution in [-0.2, 0) is 7.05 Å². The minimum absolute atomic E-state index is 0.0317. The van der Waals surface area contributed by atoms with E-state index < -0.39 is 0 Å². The number of piperidine rings is 1. The Labute approximate surface area is 163 Å². The van der Waals surface area contributed by atoms with Gasteiger partial charge in [0.15, 0.2) is 0 Å². The summed E-state index contributed by atoms with van der Waals surface area (Å²) in [6.07, 6.45) is 0.750. The van der Waals surface area contributed by atoms with Crippen molar-refractivity contribution in [1.29, 1.82) is 0 Å². The summed E-state index contributed by atoms with van der Waals surface area (Å²) in [4.78, 5) is 27.6. The van der Waals surface area contributed by atoms with Gasteiger partial charge in [0.1, 0.15) is 11.4 Å². The molecule has 2 aliphatic heterocycles. The molecule has 6 nitrogen and oxygen atoms in total. The number of aryl methyl sites for hydroxylation is 2. The molecule has 148 valence electrons. The molecular weight excluding hydrogens is 359 g/mol. The summed E-state index contributed by atoms with van der Waals surface area (Å²) >= 11 is 0. The van der Waals surface area contributed by atoms with Gasteiger partial charge in [-0.05, 0) is 38.0 Å². The van der Waals surface area contributed by atoms with Gasteiger partial charge in [0, 0.05) is 43.4 Å². The van der Waals surface area contributed by atoms with Crippen LogP contribution in [0.1, 0.15) is 39.6 Å². The fraction of sp³-hybridized carbons (Fsp3) is 0.429. The summed E-state index contributed by atoms with van der Waals surface area (Å²) in [6, 6.07) is 8.53. The largest absolute Gasteiger partial charge is 0.338 e. The van der Waals surface area contributed by atoms with Crippen molar-refractivity contribution in [3.63, 3.8) is 0 Å². The first-order chi connectivity index (χ1) is 13.4. The van der Waals surface area contributed by atoms with E-state index in [1.165, 1.54) is 10.6 Å². The van der Waals surface area contributed by atoms with Crippen LogP contribution >= 0.6 is 0 Å². The lowest BCUT2D eigenvalue weighted by Gasteiger charge is -2.36. The highest BCUT2D eigenvalue weighted by Gasteiger charge is 2.42. The maximum Gasteiger partial charge on any atom is 0.263 e. The highest BCUT2D eigenvalue weighted by molar-refractivity contribution is 5.95. The van der Waals surface area contributed by atoms with Gasteiger partial charge in [0.2, 0.25) is 0 Å². The van der Waals surface area contributed by atoms with Crippen molar-refractivity contribution in [2.24, 2.45) is 13.0 Å². The molecule has 3 heterocycles. The predicted molar refractivity (Wildman–Crippen MR) is 104 cm³/mol. The second kappa shape index (κ2) is 7.14. The standard InChI is InChI=1S/C21H25FN4O2/c1-12-10-13(2)25(3)20(27)18(12)21(28)26-9-8-17-15(11-26)19(24-23-17)14-6-4-5-7-16(14)22/h4-7,10,15,17,19,23-24H,8-9,11H2,1-3H3. The number of fused-ring (bicyclic) bond motifs is 1. The first-order valence-electron chi connectivity index (χ1n) is 9.60. The smallest absolute Gasteiger partial charge is 0.263 e. The van der Waals surface area contributed by atoms with Gasteiger partial charge in [0.05, 0.1) is 6.04 Å². The van der Waals surface area contributed by atoms with Gasteiger partial charge in [-0.2, -0.15) is 0 Å². The number of hydrogen-bond acceptors (Lipinski definition) is 4. The number of rotatable bonds is 2. The molecule has 0 bridgehead atoms. The quantitative estimate of drug-likeness (QED) is 0.829. The second-order valence-corrected chi connectivity index (χ2v) is 7.81. The van der Waals surface area contributed by atoms with E-state index in [0.29, 0.717) is 24.2 Å².